The Morgan fingerprint density at radius 3 is 1.86 bits per heavy atom. The molecule has 2 atom stereocenters. The number of hydrogen-bond acceptors (Lipinski definition) is 5. The van der Waals surface area contributed by atoms with Gasteiger partial charge in [0.2, 0.25) is 0 Å². The maximum absolute atomic E-state index is 12.6. The van der Waals surface area contributed by atoms with Crippen LogP contribution in [-0.4, -0.2) is 50.2 Å². The van der Waals surface area contributed by atoms with Gasteiger partial charge in [0.25, 0.3) is 0 Å². The summed E-state index contributed by atoms with van der Waals surface area (Å²) in [4.78, 5) is 26.0. The molecule has 0 bridgehead atoms. The number of ether oxygens (including phenoxy) is 2. The minimum atomic E-state index is -0.411. The highest BCUT2D eigenvalue weighted by molar-refractivity contribution is 5.73. The number of hydrogen-bond donors (Lipinski definition) is 0. The molecular formula is C23H45NO4. The van der Waals surface area contributed by atoms with E-state index in [9.17, 15) is 9.59 Å². The van der Waals surface area contributed by atoms with Crippen LogP contribution in [0.5, 0.6) is 0 Å². The number of esters is 2. The number of carbonyl (C=O) groups is 2. The zero-order valence-electron chi connectivity index (χ0n) is 19.1. The third kappa shape index (κ3) is 15.9. The van der Waals surface area contributed by atoms with Crippen molar-refractivity contribution in [2.45, 2.75) is 104 Å². The molecule has 0 heterocycles. The van der Waals surface area contributed by atoms with E-state index in [0.29, 0.717) is 0 Å². The van der Waals surface area contributed by atoms with Gasteiger partial charge in [-0.3, -0.25) is 14.5 Å². The Kier molecular flexibility index (Phi) is 17.3. The van der Waals surface area contributed by atoms with Crippen LogP contribution in [0.1, 0.15) is 97.8 Å². The molecule has 28 heavy (non-hydrogen) atoms. The Labute approximate surface area is 173 Å². The molecule has 0 radical (unpaired) electrons. The lowest BCUT2D eigenvalue weighted by atomic mass is 9.94. The summed E-state index contributed by atoms with van der Waals surface area (Å²) >= 11 is 0. The van der Waals surface area contributed by atoms with Crippen molar-refractivity contribution in [2.24, 2.45) is 5.92 Å². The molecule has 0 saturated heterocycles. The monoisotopic (exact) mass is 399 g/mol. The van der Waals surface area contributed by atoms with E-state index in [0.717, 1.165) is 25.7 Å². The lowest BCUT2D eigenvalue weighted by molar-refractivity contribution is -0.161. The van der Waals surface area contributed by atoms with Gasteiger partial charge in [-0.2, -0.15) is 0 Å². The van der Waals surface area contributed by atoms with Gasteiger partial charge < -0.3 is 9.47 Å². The zero-order valence-corrected chi connectivity index (χ0v) is 19.1. The molecule has 5 nitrogen and oxygen atoms in total. The quantitative estimate of drug-likeness (QED) is 0.229. The molecule has 0 aromatic heterocycles. The molecule has 166 valence electrons. The van der Waals surface area contributed by atoms with Gasteiger partial charge in [-0.15, -0.1) is 0 Å². The molecule has 2 unspecified atom stereocenters. The van der Waals surface area contributed by atoms with Gasteiger partial charge in [-0.1, -0.05) is 78.1 Å². The van der Waals surface area contributed by atoms with Crippen molar-refractivity contribution >= 4 is 11.9 Å². The first-order valence-corrected chi connectivity index (χ1v) is 11.4. The Bertz CT molecular complexity index is 398. The first-order valence-electron chi connectivity index (χ1n) is 11.4. The van der Waals surface area contributed by atoms with Crippen LogP contribution in [0, 0.1) is 5.92 Å². The van der Waals surface area contributed by atoms with Crippen molar-refractivity contribution in [3.05, 3.63) is 0 Å². The topological polar surface area (TPSA) is 55.8 Å². The van der Waals surface area contributed by atoms with Crippen molar-refractivity contribution in [1.29, 1.82) is 0 Å². The van der Waals surface area contributed by atoms with E-state index in [1.54, 1.807) is 11.8 Å². The van der Waals surface area contributed by atoms with E-state index < -0.39 is 6.10 Å². The van der Waals surface area contributed by atoms with Crippen molar-refractivity contribution in [1.82, 2.24) is 4.90 Å². The summed E-state index contributed by atoms with van der Waals surface area (Å²) in [5, 5.41) is 0. The number of rotatable bonds is 18. The van der Waals surface area contributed by atoms with E-state index in [1.807, 2.05) is 14.1 Å². The molecule has 0 fully saturated rings. The fourth-order valence-corrected chi connectivity index (χ4v) is 3.24. The fourth-order valence-electron chi connectivity index (χ4n) is 3.24. The Balaban J connectivity index is 4.29. The van der Waals surface area contributed by atoms with E-state index in [-0.39, 0.29) is 31.0 Å². The number of nitrogens with zero attached hydrogens (tertiary/aromatic N) is 1. The fraction of sp³-hybridized carbons (Fsp3) is 0.913. The van der Waals surface area contributed by atoms with Gasteiger partial charge >= 0.3 is 11.9 Å². The molecule has 0 aliphatic carbocycles. The van der Waals surface area contributed by atoms with Crippen LogP contribution in [0.25, 0.3) is 0 Å². The van der Waals surface area contributed by atoms with Gasteiger partial charge in [0.1, 0.15) is 12.7 Å². The van der Waals surface area contributed by atoms with Gasteiger partial charge in [-0.05, 0) is 33.9 Å². The van der Waals surface area contributed by atoms with Crippen LogP contribution < -0.4 is 0 Å². The zero-order chi connectivity index (χ0) is 21.2. The number of likely N-dealkylation sites (N-methyl/N-ethyl adjacent to an activating group) is 1. The molecule has 0 aromatic carbocycles. The smallest absolute Gasteiger partial charge is 0.320 e. The minimum Gasteiger partial charge on any atom is -0.462 e. The largest absolute Gasteiger partial charge is 0.462 e. The van der Waals surface area contributed by atoms with Crippen LogP contribution in [0.15, 0.2) is 0 Å². The van der Waals surface area contributed by atoms with Crippen LogP contribution in [0.4, 0.5) is 0 Å². The van der Waals surface area contributed by atoms with Crippen molar-refractivity contribution in [3.8, 4) is 0 Å². The third-order valence-corrected chi connectivity index (χ3v) is 4.88. The maximum atomic E-state index is 12.6. The predicted octanol–water partition coefficient (Wildman–Crippen LogP) is 5.36. The molecule has 0 aliphatic rings. The molecule has 0 aliphatic heterocycles. The van der Waals surface area contributed by atoms with Gasteiger partial charge in [0.15, 0.2) is 0 Å². The minimum absolute atomic E-state index is 0.0206. The summed E-state index contributed by atoms with van der Waals surface area (Å²) in [6, 6.07) is 0. The molecular weight excluding hydrogens is 354 g/mol. The van der Waals surface area contributed by atoms with Crippen molar-refractivity contribution < 1.29 is 19.1 Å². The summed E-state index contributed by atoms with van der Waals surface area (Å²) in [5.41, 5.74) is 0. The van der Waals surface area contributed by atoms with Crippen molar-refractivity contribution in [2.75, 3.05) is 27.2 Å². The molecule has 0 N–H and O–H groups in total. The molecule has 5 heteroatoms. The van der Waals surface area contributed by atoms with Crippen LogP contribution in [0.3, 0.4) is 0 Å². The normalized spacial score (nSPS) is 13.4. The molecule has 0 rings (SSSR count). The van der Waals surface area contributed by atoms with Crippen molar-refractivity contribution in [3.63, 3.8) is 0 Å². The maximum Gasteiger partial charge on any atom is 0.320 e. The van der Waals surface area contributed by atoms with E-state index in [2.05, 4.69) is 13.8 Å². The first kappa shape index (κ1) is 26.9. The lowest BCUT2D eigenvalue weighted by Crippen LogP contribution is -2.30. The standard InChI is InChI=1S/C23H45NO4/c1-6-8-10-12-13-15-17-21(16-14-11-9-7-2)23(26)27-19-20(3)28-22(25)18-24(4)5/h20-21H,6-19H2,1-5H3. The molecule has 0 spiro atoms. The second-order valence-electron chi connectivity index (χ2n) is 8.27. The predicted molar refractivity (Wildman–Crippen MR) is 115 cm³/mol. The first-order chi connectivity index (χ1) is 13.4. The summed E-state index contributed by atoms with van der Waals surface area (Å²) in [6.45, 7) is 6.56. The average Bonchev–Trinajstić information content (AvgIpc) is 2.63. The Morgan fingerprint density at radius 2 is 1.32 bits per heavy atom. The molecule has 0 saturated carbocycles. The number of unbranched alkanes of at least 4 members (excludes halogenated alkanes) is 8. The molecule has 0 amide bonds. The lowest BCUT2D eigenvalue weighted by Gasteiger charge is -2.19. The van der Waals surface area contributed by atoms with Gasteiger partial charge in [0.05, 0.1) is 12.5 Å². The Morgan fingerprint density at radius 1 is 0.821 bits per heavy atom. The van der Waals surface area contributed by atoms with E-state index in [1.165, 1.54) is 51.4 Å². The van der Waals surface area contributed by atoms with Gasteiger partial charge in [0, 0.05) is 0 Å². The summed E-state index contributed by atoms with van der Waals surface area (Å²) < 4.78 is 10.8. The molecule has 0 aromatic rings. The van der Waals surface area contributed by atoms with Crippen LogP contribution >= 0.6 is 0 Å². The van der Waals surface area contributed by atoms with Crippen LogP contribution in [0.2, 0.25) is 0 Å². The van der Waals surface area contributed by atoms with E-state index in [4.69, 9.17) is 9.47 Å². The average molecular weight is 400 g/mol. The summed E-state index contributed by atoms with van der Waals surface area (Å²) in [7, 11) is 3.63. The highest BCUT2D eigenvalue weighted by Crippen LogP contribution is 2.20. The second-order valence-corrected chi connectivity index (χ2v) is 8.27. The number of carbonyl (C=O) groups excluding carboxylic acids is 2. The SMILES string of the molecule is CCCCCCCCC(CCCCCC)C(=O)OCC(C)OC(=O)CN(C)C. The van der Waals surface area contributed by atoms with Crippen LogP contribution in [-0.2, 0) is 19.1 Å². The van der Waals surface area contributed by atoms with Gasteiger partial charge in [-0.25, -0.2) is 0 Å². The highest BCUT2D eigenvalue weighted by atomic mass is 16.6. The van der Waals surface area contributed by atoms with E-state index >= 15 is 0 Å². The second kappa shape index (κ2) is 18.0. The third-order valence-electron chi connectivity index (χ3n) is 4.88. The highest BCUT2D eigenvalue weighted by Gasteiger charge is 2.21. The summed E-state index contributed by atoms with van der Waals surface area (Å²) in [5.74, 6) is -0.440. The Hall–Kier alpha value is -1.10. The summed E-state index contributed by atoms with van der Waals surface area (Å²) in [6.07, 6.45) is 13.5.